The van der Waals surface area contributed by atoms with Gasteiger partial charge >= 0.3 is 6.09 Å². The molecule has 1 rings (SSSR count). The maximum absolute atomic E-state index is 11.6. The van der Waals surface area contributed by atoms with Crippen molar-refractivity contribution in [1.82, 2.24) is 5.32 Å². The number of rotatable bonds is 11. The summed E-state index contributed by atoms with van der Waals surface area (Å²) in [5.41, 5.74) is 4.85. The van der Waals surface area contributed by atoms with Crippen molar-refractivity contribution in [1.29, 1.82) is 0 Å². The lowest BCUT2D eigenvalue weighted by Gasteiger charge is -2.35. The van der Waals surface area contributed by atoms with Gasteiger partial charge in [0.05, 0.1) is 33.0 Å². The van der Waals surface area contributed by atoms with Gasteiger partial charge in [0, 0.05) is 19.2 Å². The van der Waals surface area contributed by atoms with E-state index in [1.54, 1.807) is 0 Å². The predicted octanol–water partition coefficient (Wildman–Crippen LogP) is 1.30. The lowest BCUT2D eigenvalue weighted by molar-refractivity contribution is -0.00452. The summed E-state index contributed by atoms with van der Waals surface area (Å²) in [6.07, 6.45) is 1.53. The molecule has 0 bridgehead atoms. The molecule has 0 atom stereocenters. The zero-order valence-electron chi connectivity index (χ0n) is 14.6. The van der Waals surface area contributed by atoms with Gasteiger partial charge in [-0.25, -0.2) is 4.79 Å². The Balaban J connectivity index is 1.88. The van der Waals surface area contributed by atoms with Crippen molar-refractivity contribution in [2.45, 2.75) is 45.3 Å². The van der Waals surface area contributed by atoms with Gasteiger partial charge in [-0.05, 0) is 39.5 Å². The molecule has 0 spiro atoms. The smallest absolute Gasteiger partial charge is 0.407 e. The summed E-state index contributed by atoms with van der Waals surface area (Å²) in [6, 6.07) is 0.203. The van der Waals surface area contributed by atoms with Crippen molar-refractivity contribution < 1.29 is 23.7 Å². The molecule has 7 nitrogen and oxygen atoms in total. The number of hydrogen-bond acceptors (Lipinski definition) is 6. The van der Waals surface area contributed by atoms with Gasteiger partial charge in [-0.2, -0.15) is 0 Å². The predicted molar refractivity (Wildman–Crippen MR) is 87.4 cm³/mol. The Labute approximate surface area is 139 Å². The quantitative estimate of drug-likeness (QED) is 0.554. The molecular formula is C16H32N2O5. The maximum atomic E-state index is 11.6. The van der Waals surface area contributed by atoms with Crippen molar-refractivity contribution in [3.8, 4) is 0 Å². The van der Waals surface area contributed by atoms with Crippen LogP contribution in [0.4, 0.5) is 4.79 Å². The van der Waals surface area contributed by atoms with Crippen molar-refractivity contribution in [2.24, 2.45) is 11.7 Å². The van der Waals surface area contributed by atoms with Crippen molar-refractivity contribution in [2.75, 3.05) is 46.2 Å². The fraction of sp³-hybridized carbons (Fsp3) is 0.938. The first-order valence-electron chi connectivity index (χ1n) is 8.33. The molecule has 23 heavy (non-hydrogen) atoms. The van der Waals surface area contributed by atoms with E-state index in [9.17, 15) is 4.79 Å². The summed E-state index contributed by atoms with van der Waals surface area (Å²) >= 11 is 0. The molecule has 0 aromatic carbocycles. The lowest BCUT2D eigenvalue weighted by Crippen LogP contribution is -2.47. The first-order valence-corrected chi connectivity index (χ1v) is 8.33. The zero-order chi connectivity index (χ0) is 17.1. The van der Waals surface area contributed by atoms with Gasteiger partial charge in [-0.1, -0.05) is 0 Å². The van der Waals surface area contributed by atoms with E-state index >= 15 is 0 Å². The van der Waals surface area contributed by atoms with E-state index < -0.39 is 5.60 Å². The number of carbonyl (C=O) groups excluding carboxylic acids is 1. The van der Waals surface area contributed by atoms with Gasteiger partial charge in [-0.15, -0.1) is 0 Å². The molecule has 1 aliphatic carbocycles. The van der Waals surface area contributed by atoms with Gasteiger partial charge in [0.25, 0.3) is 0 Å². The van der Waals surface area contributed by atoms with Gasteiger partial charge in [0.1, 0.15) is 5.60 Å². The summed E-state index contributed by atoms with van der Waals surface area (Å²) in [7, 11) is 0. The molecule has 0 radical (unpaired) electrons. The van der Waals surface area contributed by atoms with Gasteiger partial charge < -0.3 is 30.0 Å². The van der Waals surface area contributed by atoms with E-state index in [-0.39, 0.29) is 12.1 Å². The van der Waals surface area contributed by atoms with E-state index in [1.807, 2.05) is 20.8 Å². The standard InChI is InChI=1S/C16H32N2O5/c1-16(2,3)23-15(19)18-14-10-13(11-14)12-22-9-8-21-7-6-20-5-4-17/h13-14H,4-12,17H2,1-3H3,(H,18,19). The number of nitrogens with two attached hydrogens (primary N) is 1. The SMILES string of the molecule is CC(C)(C)OC(=O)NC1CC(COCCOCCOCCN)C1. The first kappa shape index (κ1) is 20.2. The molecule has 1 aliphatic rings. The molecular weight excluding hydrogens is 300 g/mol. The second kappa shape index (κ2) is 10.8. The number of amides is 1. The van der Waals surface area contributed by atoms with Crippen molar-refractivity contribution in [3.63, 3.8) is 0 Å². The van der Waals surface area contributed by atoms with Crippen LogP contribution >= 0.6 is 0 Å². The molecule has 3 N–H and O–H groups in total. The van der Waals surface area contributed by atoms with Crippen LogP contribution in [0, 0.1) is 5.92 Å². The Kier molecular flexibility index (Phi) is 9.47. The van der Waals surface area contributed by atoms with Crippen LogP contribution in [0.15, 0.2) is 0 Å². The molecule has 136 valence electrons. The average Bonchev–Trinajstić information content (AvgIpc) is 2.40. The third-order valence-electron chi connectivity index (χ3n) is 3.32. The number of nitrogens with one attached hydrogen (secondary N) is 1. The van der Waals surface area contributed by atoms with E-state index in [1.165, 1.54) is 0 Å². The average molecular weight is 332 g/mol. The Morgan fingerprint density at radius 3 is 2.17 bits per heavy atom. The summed E-state index contributed by atoms with van der Waals surface area (Å²) in [5.74, 6) is 0.503. The number of ether oxygens (including phenoxy) is 4. The van der Waals surface area contributed by atoms with Crippen LogP contribution < -0.4 is 11.1 Å². The second-order valence-corrected chi connectivity index (χ2v) is 6.77. The summed E-state index contributed by atoms with van der Waals surface area (Å²) in [6.45, 7) is 9.67. The van der Waals surface area contributed by atoms with Gasteiger partial charge in [0.15, 0.2) is 0 Å². The molecule has 0 heterocycles. The Bertz CT molecular complexity index is 327. The molecule has 0 aliphatic heterocycles. The third kappa shape index (κ3) is 10.5. The van der Waals surface area contributed by atoms with Crippen LogP contribution in [0.25, 0.3) is 0 Å². The van der Waals surface area contributed by atoms with Crippen molar-refractivity contribution >= 4 is 6.09 Å². The molecule has 0 aromatic rings. The highest BCUT2D eigenvalue weighted by Crippen LogP contribution is 2.27. The summed E-state index contributed by atoms with van der Waals surface area (Å²) in [5, 5.41) is 2.87. The van der Waals surface area contributed by atoms with E-state index in [2.05, 4.69) is 5.32 Å². The number of alkyl carbamates (subject to hydrolysis) is 1. The van der Waals surface area contributed by atoms with Crippen LogP contribution in [0.2, 0.25) is 0 Å². The topological polar surface area (TPSA) is 92.0 Å². The lowest BCUT2D eigenvalue weighted by atomic mass is 9.81. The van der Waals surface area contributed by atoms with Gasteiger partial charge in [0.2, 0.25) is 0 Å². The van der Waals surface area contributed by atoms with Crippen LogP contribution in [0.5, 0.6) is 0 Å². The molecule has 1 fully saturated rings. The third-order valence-corrected chi connectivity index (χ3v) is 3.32. The van der Waals surface area contributed by atoms with E-state index in [4.69, 9.17) is 24.7 Å². The van der Waals surface area contributed by atoms with E-state index in [0.29, 0.717) is 52.1 Å². The van der Waals surface area contributed by atoms with Gasteiger partial charge in [-0.3, -0.25) is 0 Å². The Morgan fingerprint density at radius 1 is 1.04 bits per heavy atom. The normalized spacial score (nSPS) is 20.9. The Hall–Kier alpha value is -0.890. The molecule has 0 saturated heterocycles. The minimum absolute atomic E-state index is 0.203. The number of carbonyl (C=O) groups is 1. The fourth-order valence-electron chi connectivity index (χ4n) is 2.24. The van der Waals surface area contributed by atoms with E-state index in [0.717, 1.165) is 12.8 Å². The van der Waals surface area contributed by atoms with Crippen LogP contribution in [0.3, 0.4) is 0 Å². The highest BCUT2D eigenvalue weighted by Gasteiger charge is 2.31. The summed E-state index contributed by atoms with van der Waals surface area (Å²) < 4.78 is 21.4. The van der Waals surface area contributed by atoms with Crippen LogP contribution in [-0.4, -0.2) is 63.9 Å². The van der Waals surface area contributed by atoms with Crippen molar-refractivity contribution in [3.05, 3.63) is 0 Å². The second-order valence-electron chi connectivity index (χ2n) is 6.77. The molecule has 7 heteroatoms. The number of hydrogen-bond donors (Lipinski definition) is 2. The van der Waals surface area contributed by atoms with Crippen LogP contribution in [0.1, 0.15) is 33.6 Å². The monoisotopic (exact) mass is 332 g/mol. The highest BCUT2D eigenvalue weighted by molar-refractivity contribution is 5.68. The highest BCUT2D eigenvalue weighted by atomic mass is 16.6. The molecule has 1 amide bonds. The maximum Gasteiger partial charge on any atom is 0.407 e. The Morgan fingerprint density at radius 2 is 1.61 bits per heavy atom. The minimum Gasteiger partial charge on any atom is -0.444 e. The summed E-state index contributed by atoms with van der Waals surface area (Å²) in [4.78, 5) is 11.6. The molecule has 0 unspecified atom stereocenters. The largest absolute Gasteiger partial charge is 0.444 e. The molecule has 1 saturated carbocycles. The fourth-order valence-corrected chi connectivity index (χ4v) is 2.24. The first-order chi connectivity index (χ1) is 10.9. The van der Waals surface area contributed by atoms with Crippen LogP contribution in [-0.2, 0) is 18.9 Å². The molecule has 0 aromatic heterocycles. The zero-order valence-corrected chi connectivity index (χ0v) is 14.6. The minimum atomic E-state index is -0.453.